The summed E-state index contributed by atoms with van der Waals surface area (Å²) in [5, 5.41) is 6.83. The van der Waals surface area contributed by atoms with Gasteiger partial charge >= 0.3 is 0 Å². The van der Waals surface area contributed by atoms with Crippen LogP contribution in [0.4, 0.5) is 0 Å². The van der Waals surface area contributed by atoms with Crippen molar-refractivity contribution in [3.63, 3.8) is 0 Å². The zero-order valence-corrected chi connectivity index (χ0v) is 7.84. The SMILES string of the molecule is c1c[nH]c(CNCC2CCNC2)c1. The lowest BCUT2D eigenvalue weighted by atomic mass is 10.1. The van der Waals surface area contributed by atoms with Crippen molar-refractivity contribution in [2.75, 3.05) is 19.6 Å². The standard InChI is InChI=1S/C10H17N3/c1-2-10(13-4-1)8-12-7-9-3-5-11-6-9/h1-2,4,9,11-13H,3,5-8H2. The van der Waals surface area contributed by atoms with Crippen LogP contribution in [0.3, 0.4) is 0 Å². The van der Waals surface area contributed by atoms with Gasteiger partial charge in [0.15, 0.2) is 0 Å². The lowest BCUT2D eigenvalue weighted by Crippen LogP contribution is -2.24. The zero-order chi connectivity index (χ0) is 8.93. The molecule has 72 valence electrons. The molecule has 1 saturated heterocycles. The lowest BCUT2D eigenvalue weighted by molar-refractivity contribution is 0.510. The van der Waals surface area contributed by atoms with Crippen molar-refractivity contribution in [2.24, 2.45) is 5.92 Å². The topological polar surface area (TPSA) is 39.9 Å². The number of hydrogen-bond acceptors (Lipinski definition) is 2. The number of aromatic amines is 1. The van der Waals surface area contributed by atoms with Crippen molar-refractivity contribution >= 4 is 0 Å². The van der Waals surface area contributed by atoms with Crippen LogP contribution in [-0.2, 0) is 6.54 Å². The summed E-state index contributed by atoms with van der Waals surface area (Å²) in [5.74, 6) is 0.829. The highest BCUT2D eigenvalue weighted by molar-refractivity contribution is 5.02. The summed E-state index contributed by atoms with van der Waals surface area (Å²) in [5.41, 5.74) is 1.27. The highest BCUT2D eigenvalue weighted by Gasteiger charge is 2.13. The van der Waals surface area contributed by atoms with Gasteiger partial charge in [-0.2, -0.15) is 0 Å². The highest BCUT2D eigenvalue weighted by Crippen LogP contribution is 2.05. The van der Waals surface area contributed by atoms with Crippen molar-refractivity contribution in [1.82, 2.24) is 15.6 Å². The first-order valence-corrected chi connectivity index (χ1v) is 4.99. The summed E-state index contributed by atoms with van der Waals surface area (Å²) in [6.45, 7) is 4.46. The van der Waals surface area contributed by atoms with E-state index in [9.17, 15) is 0 Å². The van der Waals surface area contributed by atoms with Crippen molar-refractivity contribution in [1.29, 1.82) is 0 Å². The summed E-state index contributed by atoms with van der Waals surface area (Å²) in [6.07, 6.45) is 3.28. The fourth-order valence-corrected chi connectivity index (χ4v) is 1.78. The van der Waals surface area contributed by atoms with Crippen molar-refractivity contribution in [3.8, 4) is 0 Å². The van der Waals surface area contributed by atoms with Crippen LogP contribution in [0.2, 0.25) is 0 Å². The summed E-state index contributed by atoms with van der Waals surface area (Å²) >= 11 is 0. The summed E-state index contributed by atoms with van der Waals surface area (Å²) in [7, 11) is 0. The second kappa shape index (κ2) is 4.44. The molecule has 0 saturated carbocycles. The van der Waals surface area contributed by atoms with Crippen LogP contribution in [0.25, 0.3) is 0 Å². The second-order valence-corrected chi connectivity index (χ2v) is 3.69. The Kier molecular flexibility index (Phi) is 3.00. The van der Waals surface area contributed by atoms with Crippen LogP contribution >= 0.6 is 0 Å². The minimum absolute atomic E-state index is 0.829. The fourth-order valence-electron chi connectivity index (χ4n) is 1.78. The largest absolute Gasteiger partial charge is 0.364 e. The fraction of sp³-hybridized carbons (Fsp3) is 0.600. The Bertz CT molecular complexity index is 224. The molecule has 1 aromatic heterocycles. The number of H-pyrrole nitrogens is 1. The zero-order valence-electron chi connectivity index (χ0n) is 7.84. The maximum atomic E-state index is 3.46. The normalized spacial score (nSPS) is 22.3. The molecule has 2 heterocycles. The molecule has 0 aliphatic carbocycles. The number of nitrogens with one attached hydrogen (secondary N) is 3. The van der Waals surface area contributed by atoms with E-state index in [0.29, 0.717) is 0 Å². The first-order chi connectivity index (χ1) is 6.45. The third-order valence-corrected chi connectivity index (χ3v) is 2.57. The van der Waals surface area contributed by atoms with E-state index < -0.39 is 0 Å². The van der Waals surface area contributed by atoms with Gasteiger partial charge in [0.2, 0.25) is 0 Å². The van der Waals surface area contributed by atoms with Crippen molar-refractivity contribution in [2.45, 2.75) is 13.0 Å². The van der Waals surface area contributed by atoms with Gasteiger partial charge in [0.05, 0.1) is 0 Å². The molecule has 2 rings (SSSR count). The average molecular weight is 179 g/mol. The molecule has 1 aliphatic heterocycles. The van der Waals surface area contributed by atoms with E-state index in [0.717, 1.165) is 19.0 Å². The van der Waals surface area contributed by atoms with E-state index in [1.165, 1.54) is 25.2 Å². The molecule has 0 bridgehead atoms. The molecular formula is C10H17N3. The Balaban J connectivity index is 1.63. The summed E-state index contributed by atoms with van der Waals surface area (Å²) in [6, 6.07) is 4.15. The van der Waals surface area contributed by atoms with E-state index in [4.69, 9.17) is 0 Å². The van der Waals surface area contributed by atoms with Gasteiger partial charge in [-0.05, 0) is 44.1 Å². The van der Waals surface area contributed by atoms with Gasteiger partial charge in [-0.25, -0.2) is 0 Å². The molecular weight excluding hydrogens is 162 g/mol. The van der Waals surface area contributed by atoms with Gasteiger partial charge in [-0.1, -0.05) is 0 Å². The summed E-state index contributed by atoms with van der Waals surface area (Å²) < 4.78 is 0. The molecule has 13 heavy (non-hydrogen) atoms. The van der Waals surface area contributed by atoms with E-state index in [1.54, 1.807) is 0 Å². The van der Waals surface area contributed by atoms with Gasteiger partial charge in [0.25, 0.3) is 0 Å². The maximum Gasteiger partial charge on any atom is 0.0357 e. The number of hydrogen-bond donors (Lipinski definition) is 3. The van der Waals surface area contributed by atoms with Crippen LogP contribution in [0.5, 0.6) is 0 Å². The molecule has 1 unspecified atom stereocenters. The average Bonchev–Trinajstić information content (AvgIpc) is 2.75. The quantitative estimate of drug-likeness (QED) is 0.637. The van der Waals surface area contributed by atoms with Gasteiger partial charge in [-0.3, -0.25) is 0 Å². The summed E-state index contributed by atoms with van der Waals surface area (Å²) in [4.78, 5) is 3.18. The van der Waals surface area contributed by atoms with Crippen LogP contribution in [0, 0.1) is 5.92 Å². The van der Waals surface area contributed by atoms with Crippen LogP contribution in [-0.4, -0.2) is 24.6 Å². The Hall–Kier alpha value is -0.800. The highest BCUT2D eigenvalue weighted by atomic mass is 14.9. The van der Waals surface area contributed by atoms with Crippen LogP contribution < -0.4 is 10.6 Å². The third-order valence-electron chi connectivity index (χ3n) is 2.57. The molecule has 3 heteroatoms. The Labute approximate surface area is 78.9 Å². The molecule has 1 aliphatic rings. The second-order valence-electron chi connectivity index (χ2n) is 3.69. The Morgan fingerprint density at radius 2 is 2.54 bits per heavy atom. The van der Waals surface area contributed by atoms with Crippen LogP contribution in [0.1, 0.15) is 12.1 Å². The molecule has 0 spiro atoms. The van der Waals surface area contributed by atoms with E-state index in [2.05, 4.69) is 21.7 Å². The molecule has 0 amide bonds. The van der Waals surface area contributed by atoms with Gasteiger partial charge in [0, 0.05) is 18.4 Å². The first kappa shape index (κ1) is 8.78. The van der Waals surface area contributed by atoms with E-state index >= 15 is 0 Å². The predicted octanol–water partition coefficient (Wildman–Crippen LogP) is 0.714. The van der Waals surface area contributed by atoms with Crippen molar-refractivity contribution < 1.29 is 0 Å². The van der Waals surface area contributed by atoms with E-state index in [1.807, 2.05) is 12.3 Å². The van der Waals surface area contributed by atoms with Crippen molar-refractivity contribution in [3.05, 3.63) is 24.0 Å². The minimum Gasteiger partial charge on any atom is -0.364 e. The molecule has 3 N–H and O–H groups in total. The Morgan fingerprint density at radius 1 is 1.54 bits per heavy atom. The smallest absolute Gasteiger partial charge is 0.0357 e. The number of aromatic nitrogens is 1. The molecule has 0 radical (unpaired) electrons. The number of rotatable bonds is 4. The van der Waals surface area contributed by atoms with Crippen LogP contribution in [0.15, 0.2) is 18.3 Å². The molecule has 0 aromatic carbocycles. The molecule has 1 fully saturated rings. The van der Waals surface area contributed by atoms with Gasteiger partial charge in [-0.15, -0.1) is 0 Å². The predicted molar refractivity (Wildman–Crippen MR) is 53.5 cm³/mol. The third kappa shape index (κ3) is 2.57. The monoisotopic (exact) mass is 179 g/mol. The molecule has 3 nitrogen and oxygen atoms in total. The van der Waals surface area contributed by atoms with Gasteiger partial charge in [0.1, 0.15) is 0 Å². The lowest BCUT2D eigenvalue weighted by Gasteiger charge is -2.08. The first-order valence-electron chi connectivity index (χ1n) is 4.99. The van der Waals surface area contributed by atoms with Gasteiger partial charge < -0.3 is 15.6 Å². The maximum absolute atomic E-state index is 3.46. The Morgan fingerprint density at radius 3 is 3.23 bits per heavy atom. The minimum atomic E-state index is 0.829. The van der Waals surface area contributed by atoms with E-state index in [-0.39, 0.29) is 0 Å². The molecule has 1 aromatic rings. The molecule has 1 atom stereocenters.